The molecule has 0 atom stereocenters. The molecule has 0 saturated carbocycles. The van der Waals surface area contributed by atoms with Gasteiger partial charge < -0.3 is 19.4 Å². The van der Waals surface area contributed by atoms with Crippen LogP contribution < -0.4 is 10.3 Å². The molecule has 0 bridgehead atoms. The molecule has 4 aromatic rings. The highest BCUT2D eigenvalue weighted by atomic mass is 32.2. The number of carbonyl (C=O) groups is 1. The predicted molar refractivity (Wildman–Crippen MR) is 129 cm³/mol. The summed E-state index contributed by atoms with van der Waals surface area (Å²) in [7, 11) is 2.93. The number of aryl methyl sites for hydroxylation is 1. The molecule has 0 fully saturated rings. The minimum Gasteiger partial charge on any atom is -0.400 e. The summed E-state index contributed by atoms with van der Waals surface area (Å²) in [6.07, 6.45) is 2.83. The van der Waals surface area contributed by atoms with Crippen molar-refractivity contribution in [2.75, 3.05) is 25.3 Å². The van der Waals surface area contributed by atoms with Crippen LogP contribution in [0.1, 0.15) is 5.56 Å². The zero-order chi connectivity index (χ0) is 22.5. The molecular formula is C24H25N3O3S. The van der Waals surface area contributed by atoms with E-state index < -0.39 is 0 Å². The molecule has 0 spiro atoms. The average Bonchev–Trinajstić information content (AvgIpc) is 2.82. The van der Waals surface area contributed by atoms with Gasteiger partial charge in [-0.15, -0.1) is 11.8 Å². The molecule has 0 amide bonds. The van der Waals surface area contributed by atoms with Gasteiger partial charge in [0.15, 0.2) is 5.43 Å². The van der Waals surface area contributed by atoms with Crippen molar-refractivity contribution in [2.24, 2.45) is 0 Å². The number of aldehydes is 1. The molecule has 160 valence electrons. The fraction of sp³-hybridized carbons (Fsp3) is 0.208. The monoisotopic (exact) mass is 435 g/mol. The highest BCUT2D eigenvalue weighted by Crippen LogP contribution is 2.31. The van der Waals surface area contributed by atoms with Crippen LogP contribution in [0.5, 0.6) is 0 Å². The van der Waals surface area contributed by atoms with E-state index in [2.05, 4.69) is 0 Å². The van der Waals surface area contributed by atoms with Gasteiger partial charge in [0.2, 0.25) is 0 Å². The fourth-order valence-electron chi connectivity index (χ4n) is 3.68. The van der Waals surface area contributed by atoms with Gasteiger partial charge in [0, 0.05) is 30.1 Å². The number of hydrogen-bond acceptors (Lipinski definition) is 6. The van der Waals surface area contributed by atoms with Crippen LogP contribution in [0.4, 0.5) is 11.5 Å². The van der Waals surface area contributed by atoms with Crippen molar-refractivity contribution < 1.29 is 9.90 Å². The lowest BCUT2D eigenvalue weighted by Gasteiger charge is -2.21. The second kappa shape index (κ2) is 9.76. The van der Waals surface area contributed by atoms with E-state index in [1.807, 2.05) is 78.2 Å². The SMILES string of the molecule is CO.CSc1c(C)ccc2c(=O)c3ccc(N(C)c4ccccc4)nc3n(CC=O)c12. The van der Waals surface area contributed by atoms with Crippen LogP contribution in [0.2, 0.25) is 0 Å². The topological polar surface area (TPSA) is 75.4 Å². The standard InChI is InChI=1S/C23H21N3O2S.CH4O/c1-15-9-10-17-20(22(15)29-3)26(13-14-27)23-18(21(17)28)11-12-19(24-23)25(2)16-7-5-4-6-8-16;1-2/h4-12,14H,13H2,1-3H3;2H,1H3. The fourth-order valence-corrected chi connectivity index (χ4v) is 4.48. The smallest absolute Gasteiger partial charge is 0.198 e. The normalized spacial score (nSPS) is 10.6. The van der Waals surface area contributed by atoms with Crippen LogP contribution in [-0.4, -0.2) is 41.4 Å². The molecule has 2 aromatic carbocycles. The number of rotatable bonds is 5. The van der Waals surface area contributed by atoms with Crippen LogP contribution in [0.3, 0.4) is 0 Å². The minimum absolute atomic E-state index is 0.0612. The quantitative estimate of drug-likeness (QED) is 0.288. The van der Waals surface area contributed by atoms with E-state index in [1.54, 1.807) is 17.8 Å². The van der Waals surface area contributed by atoms with Gasteiger partial charge in [-0.3, -0.25) is 4.79 Å². The number of aliphatic hydroxyl groups excluding tert-OH is 1. The summed E-state index contributed by atoms with van der Waals surface area (Å²) in [6, 6.07) is 17.4. The maximum Gasteiger partial charge on any atom is 0.198 e. The highest BCUT2D eigenvalue weighted by Gasteiger charge is 2.17. The summed E-state index contributed by atoms with van der Waals surface area (Å²) in [5.74, 6) is 0.709. The second-order valence-corrected chi connectivity index (χ2v) is 7.67. The van der Waals surface area contributed by atoms with E-state index >= 15 is 0 Å². The minimum atomic E-state index is -0.0612. The summed E-state index contributed by atoms with van der Waals surface area (Å²) in [5, 5.41) is 8.13. The number of nitrogens with zero attached hydrogens (tertiary/aromatic N) is 3. The summed E-state index contributed by atoms with van der Waals surface area (Å²) in [5.41, 5.74) is 3.30. The number of benzene rings is 2. The first-order chi connectivity index (χ1) is 15.1. The molecule has 0 aliphatic heterocycles. The molecule has 0 unspecified atom stereocenters. The zero-order valence-electron chi connectivity index (χ0n) is 18.0. The van der Waals surface area contributed by atoms with Gasteiger partial charge in [0.1, 0.15) is 17.8 Å². The molecule has 0 aliphatic carbocycles. The van der Waals surface area contributed by atoms with Crippen LogP contribution in [0.25, 0.3) is 21.9 Å². The average molecular weight is 436 g/mol. The van der Waals surface area contributed by atoms with Crippen LogP contribution >= 0.6 is 11.8 Å². The van der Waals surface area contributed by atoms with Gasteiger partial charge in [-0.25, -0.2) is 4.98 Å². The first-order valence-electron chi connectivity index (χ1n) is 9.74. The third-order valence-corrected chi connectivity index (χ3v) is 6.08. The van der Waals surface area contributed by atoms with E-state index in [0.29, 0.717) is 22.2 Å². The molecule has 2 aromatic heterocycles. The van der Waals surface area contributed by atoms with Gasteiger partial charge in [-0.05, 0) is 49.1 Å². The Balaban J connectivity index is 0.00000132. The van der Waals surface area contributed by atoms with E-state index in [-0.39, 0.29) is 12.0 Å². The Kier molecular flexibility index (Phi) is 7.09. The van der Waals surface area contributed by atoms with E-state index in [0.717, 1.165) is 35.1 Å². The summed E-state index contributed by atoms with van der Waals surface area (Å²) < 4.78 is 1.86. The van der Waals surface area contributed by atoms with E-state index in [9.17, 15) is 9.59 Å². The molecule has 1 N–H and O–H groups in total. The van der Waals surface area contributed by atoms with Gasteiger partial charge >= 0.3 is 0 Å². The lowest BCUT2D eigenvalue weighted by molar-refractivity contribution is -0.108. The van der Waals surface area contributed by atoms with Crippen LogP contribution in [0, 0.1) is 6.92 Å². The Morgan fingerprint density at radius 3 is 2.39 bits per heavy atom. The third kappa shape index (κ3) is 4.06. The number of pyridine rings is 2. The summed E-state index contributed by atoms with van der Waals surface area (Å²) >= 11 is 1.58. The number of thioether (sulfide) groups is 1. The molecule has 0 aliphatic rings. The number of carbonyl (C=O) groups excluding carboxylic acids is 1. The Labute approximate surface area is 185 Å². The van der Waals surface area contributed by atoms with Gasteiger partial charge in [0.05, 0.1) is 17.4 Å². The number of fused-ring (bicyclic) bond motifs is 2. The molecule has 2 heterocycles. The maximum atomic E-state index is 13.2. The lowest BCUT2D eigenvalue weighted by Crippen LogP contribution is -2.17. The van der Waals surface area contributed by atoms with Crippen molar-refractivity contribution in [3.05, 3.63) is 70.4 Å². The van der Waals surface area contributed by atoms with Crippen molar-refractivity contribution in [1.29, 1.82) is 0 Å². The number of para-hydroxylation sites is 1. The second-order valence-electron chi connectivity index (χ2n) is 6.85. The number of hydrogen-bond donors (Lipinski definition) is 1. The van der Waals surface area contributed by atoms with Gasteiger partial charge in [-0.1, -0.05) is 24.3 Å². The molecule has 0 radical (unpaired) electrons. The molecule has 4 rings (SSSR count). The number of anilines is 2. The van der Waals surface area contributed by atoms with Crippen molar-refractivity contribution in [2.45, 2.75) is 18.4 Å². The summed E-state index contributed by atoms with van der Waals surface area (Å²) in [4.78, 5) is 32.5. The first kappa shape index (κ1) is 22.5. The van der Waals surface area contributed by atoms with E-state index in [4.69, 9.17) is 10.1 Å². The van der Waals surface area contributed by atoms with Crippen molar-refractivity contribution in [3.8, 4) is 0 Å². The maximum absolute atomic E-state index is 13.2. The van der Waals surface area contributed by atoms with Crippen LogP contribution in [-0.2, 0) is 11.3 Å². The third-order valence-electron chi connectivity index (χ3n) is 5.15. The number of aliphatic hydroxyl groups is 1. The molecular weight excluding hydrogens is 410 g/mol. The molecule has 0 saturated heterocycles. The predicted octanol–water partition coefficient (Wildman–Crippen LogP) is 4.16. The summed E-state index contributed by atoms with van der Waals surface area (Å²) in [6.45, 7) is 2.15. The van der Waals surface area contributed by atoms with Crippen LogP contribution in [0.15, 0.2) is 64.3 Å². The Morgan fingerprint density at radius 2 is 1.74 bits per heavy atom. The van der Waals surface area contributed by atoms with Crippen molar-refractivity contribution in [3.63, 3.8) is 0 Å². The Hall–Kier alpha value is -3.16. The molecule has 31 heavy (non-hydrogen) atoms. The molecule has 6 nitrogen and oxygen atoms in total. The first-order valence-corrected chi connectivity index (χ1v) is 11.0. The van der Waals surface area contributed by atoms with Gasteiger partial charge in [0.25, 0.3) is 0 Å². The molecule has 7 heteroatoms. The van der Waals surface area contributed by atoms with Crippen molar-refractivity contribution >= 4 is 51.5 Å². The van der Waals surface area contributed by atoms with Crippen molar-refractivity contribution in [1.82, 2.24) is 9.55 Å². The highest BCUT2D eigenvalue weighted by molar-refractivity contribution is 7.98. The number of aromatic nitrogens is 2. The van der Waals surface area contributed by atoms with E-state index in [1.165, 1.54) is 0 Å². The Bertz CT molecular complexity index is 1290. The van der Waals surface area contributed by atoms with Gasteiger partial charge in [-0.2, -0.15) is 0 Å². The largest absolute Gasteiger partial charge is 0.400 e. The zero-order valence-corrected chi connectivity index (χ0v) is 18.8. The Morgan fingerprint density at radius 1 is 1.06 bits per heavy atom. The lowest BCUT2D eigenvalue weighted by atomic mass is 10.1.